The molecule has 2 aromatic heterocycles. The van der Waals surface area contributed by atoms with Crippen molar-refractivity contribution >= 4 is 17.1 Å². The van der Waals surface area contributed by atoms with Crippen molar-refractivity contribution in [2.75, 3.05) is 0 Å². The molecule has 0 saturated heterocycles. The largest absolute Gasteiger partial charge is 0.416 e. The summed E-state index contributed by atoms with van der Waals surface area (Å²) in [6.45, 7) is 1.93. The zero-order valence-electron chi connectivity index (χ0n) is 19.0. The Bertz CT molecular complexity index is 1810. The number of hydrogen-bond donors (Lipinski definition) is 1. The van der Waals surface area contributed by atoms with Crippen molar-refractivity contribution in [2.45, 2.75) is 13.1 Å². The first-order chi connectivity index (χ1) is 17.3. The third-order valence-corrected chi connectivity index (χ3v) is 6.60. The number of aryl methyl sites for hydroxylation is 1. The second-order valence-corrected chi connectivity index (χ2v) is 9.03. The van der Waals surface area contributed by atoms with Crippen LogP contribution in [0.15, 0.2) is 83.9 Å². The van der Waals surface area contributed by atoms with Gasteiger partial charge in [-0.25, -0.2) is 15.0 Å². The van der Waals surface area contributed by atoms with Gasteiger partial charge < -0.3 is 5.32 Å². The van der Waals surface area contributed by atoms with E-state index < -0.39 is 11.7 Å². The second kappa shape index (κ2) is 7.24. The lowest BCUT2D eigenvalue weighted by Gasteiger charge is -2.16. The fraction of sp³-hybridized carbons (Fsp3) is 0.0690. The van der Waals surface area contributed by atoms with E-state index in [0.717, 1.165) is 11.1 Å². The Balaban J connectivity index is 1.66. The highest BCUT2D eigenvalue weighted by molar-refractivity contribution is 5.91. The van der Waals surface area contributed by atoms with E-state index in [9.17, 15) is 13.2 Å². The smallest absolute Gasteiger partial charge is 0.353 e. The van der Waals surface area contributed by atoms with E-state index in [1.807, 2.05) is 67.6 Å². The van der Waals surface area contributed by atoms with Crippen LogP contribution in [0.4, 0.5) is 18.9 Å². The number of nitrogens with zero attached hydrogens (tertiary/aromatic N) is 3. The van der Waals surface area contributed by atoms with Gasteiger partial charge >= 0.3 is 6.18 Å². The molecule has 0 unspecified atom stereocenters. The van der Waals surface area contributed by atoms with Gasteiger partial charge in [-0.3, -0.25) is 0 Å². The number of pyridine rings is 2. The molecule has 0 radical (unpaired) electrons. The Morgan fingerprint density at radius 3 is 2.25 bits per heavy atom. The average Bonchev–Trinajstić information content (AvgIpc) is 3.25. The van der Waals surface area contributed by atoms with Gasteiger partial charge in [-0.1, -0.05) is 18.2 Å². The summed E-state index contributed by atoms with van der Waals surface area (Å²) in [5.74, 6) is 0. The molecular formula is C29H17F3N4. The average molecular weight is 478 g/mol. The quantitative estimate of drug-likeness (QED) is 0.311. The van der Waals surface area contributed by atoms with Crippen LogP contribution in [0.3, 0.4) is 0 Å². The third kappa shape index (κ3) is 3.12. The van der Waals surface area contributed by atoms with Gasteiger partial charge in [0.1, 0.15) is 0 Å². The van der Waals surface area contributed by atoms with Crippen LogP contribution in [0.25, 0.3) is 45.2 Å². The molecule has 0 fully saturated rings. The Kier molecular flexibility index (Phi) is 4.19. The summed E-state index contributed by atoms with van der Waals surface area (Å²) in [6.07, 6.45) is 0.923. The number of dihydropyridines is 1. The molecule has 5 heterocycles. The monoisotopic (exact) mass is 478 g/mol. The van der Waals surface area contributed by atoms with E-state index in [-0.39, 0.29) is 0 Å². The van der Waals surface area contributed by atoms with Crippen LogP contribution < -0.4 is 15.9 Å². The fourth-order valence-corrected chi connectivity index (χ4v) is 4.97. The molecule has 0 saturated carbocycles. The van der Waals surface area contributed by atoms with Crippen molar-refractivity contribution in [3.05, 3.63) is 106 Å². The molecule has 2 aromatic carbocycles. The van der Waals surface area contributed by atoms with E-state index in [4.69, 9.17) is 15.0 Å². The summed E-state index contributed by atoms with van der Waals surface area (Å²) in [4.78, 5) is 14.6. The predicted octanol–water partition coefficient (Wildman–Crippen LogP) is 5.69. The Hall–Kier alpha value is -4.52. The molecule has 1 N–H and O–H groups in total. The SMILES string of the molecule is Cc1cc2c3c(c1)-c1cc(C(F)(F)F)cc(c1=N3)=C1C=CC=C(N1)c1cccc(n1)-c1cccc-2n1. The Morgan fingerprint density at radius 1 is 0.778 bits per heavy atom. The number of rotatable bonds is 0. The number of alkyl halides is 3. The molecule has 7 rings (SSSR count). The molecule has 0 amide bonds. The van der Waals surface area contributed by atoms with Crippen LogP contribution in [0.2, 0.25) is 0 Å². The lowest BCUT2D eigenvalue weighted by atomic mass is 9.95. The minimum Gasteiger partial charge on any atom is -0.353 e. The number of nitrogens with one attached hydrogen (secondary N) is 1. The summed E-state index contributed by atoms with van der Waals surface area (Å²) in [5.41, 5.74) is 6.69. The van der Waals surface area contributed by atoms with Crippen LogP contribution in [0, 0.1) is 6.92 Å². The van der Waals surface area contributed by atoms with E-state index in [1.54, 1.807) is 6.08 Å². The van der Waals surface area contributed by atoms with Gasteiger partial charge in [0.15, 0.2) is 0 Å². The van der Waals surface area contributed by atoms with Gasteiger partial charge in [0, 0.05) is 27.6 Å². The summed E-state index contributed by atoms with van der Waals surface area (Å²) in [7, 11) is 0. The fourth-order valence-electron chi connectivity index (χ4n) is 4.97. The molecule has 3 aliphatic rings. The number of hydrogen-bond acceptors (Lipinski definition) is 4. The Morgan fingerprint density at radius 2 is 1.47 bits per heavy atom. The van der Waals surface area contributed by atoms with Gasteiger partial charge in [0.25, 0.3) is 0 Å². The predicted molar refractivity (Wildman–Crippen MR) is 132 cm³/mol. The first kappa shape index (κ1) is 20.8. The summed E-state index contributed by atoms with van der Waals surface area (Å²) < 4.78 is 42.1. The first-order valence-corrected chi connectivity index (χ1v) is 11.5. The summed E-state index contributed by atoms with van der Waals surface area (Å²) in [6, 6.07) is 17.6. The standard InChI is InChI=1S/C29H17F3N4/c1-15-11-17-18-13-16(29(30,31)32)14-20-22-6-3-8-24(34-22)26-10-4-9-25(35-26)23-7-2-5-21(33-23)19(12-15)27(17)36-28(18)20/h2-14,34H,1H3. The van der Waals surface area contributed by atoms with Crippen molar-refractivity contribution < 1.29 is 13.2 Å². The van der Waals surface area contributed by atoms with Crippen LogP contribution in [0.1, 0.15) is 16.8 Å². The topological polar surface area (TPSA) is 50.2 Å². The molecular weight excluding hydrogens is 461 g/mol. The van der Waals surface area contributed by atoms with Gasteiger partial charge in [-0.2, -0.15) is 13.2 Å². The second-order valence-electron chi connectivity index (χ2n) is 9.03. The lowest BCUT2D eigenvalue weighted by molar-refractivity contribution is -0.137. The zero-order chi connectivity index (χ0) is 24.6. The molecule has 36 heavy (non-hydrogen) atoms. The molecule has 0 atom stereocenters. The molecule has 4 nitrogen and oxygen atoms in total. The van der Waals surface area contributed by atoms with Crippen molar-refractivity contribution in [1.29, 1.82) is 0 Å². The van der Waals surface area contributed by atoms with E-state index in [0.29, 0.717) is 61.6 Å². The van der Waals surface area contributed by atoms with E-state index in [1.165, 1.54) is 12.1 Å². The van der Waals surface area contributed by atoms with Crippen LogP contribution in [-0.2, 0) is 6.18 Å². The molecule has 0 aliphatic carbocycles. The molecule has 0 spiro atoms. The normalized spacial score (nSPS) is 14.6. The number of benzene rings is 2. The highest BCUT2D eigenvalue weighted by Crippen LogP contribution is 2.43. The van der Waals surface area contributed by atoms with Gasteiger partial charge in [-0.05, 0) is 73.2 Å². The van der Waals surface area contributed by atoms with Crippen molar-refractivity contribution in [2.24, 2.45) is 4.99 Å². The van der Waals surface area contributed by atoms with Gasteiger partial charge in [-0.15, -0.1) is 0 Å². The molecule has 4 aromatic rings. The van der Waals surface area contributed by atoms with Gasteiger partial charge in [0.05, 0.1) is 45.1 Å². The zero-order valence-corrected chi connectivity index (χ0v) is 19.0. The van der Waals surface area contributed by atoms with Crippen molar-refractivity contribution in [1.82, 2.24) is 15.3 Å². The number of allylic oxidation sites excluding steroid dienone is 2. The molecule has 8 bridgehead atoms. The molecule has 3 aliphatic heterocycles. The lowest BCUT2D eigenvalue weighted by Crippen LogP contribution is -2.33. The van der Waals surface area contributed by atoms with Crippen molar-refractivity contribution in [3.63, 3.8) is 0 Å². The van der Waals surface area contributed by atoms with Crippen molar-refractivity contribution in [3.8, 4) is 33.8 Å². The number of aromatic nitrogens is 2. The number of fused-ring (bicyclic) bond motifs is 10. The van der Waals surface area contributed by atoms with Crippen LogP contribution in [0.5, 0.6) is 0 Å². The maximum absolute atomic E-state index is 14.0. The highest BCUT2D eigenvalue weighted by Gasteiger charge is 2.33. The summed E-state index contributed by atoms with van der Waals surface area (Å²) in [5, 5.41) is 4.20. The maximum Gasteiger partial charge on any atom is 0.416 e. The van der Waals surface area contributed by atoms with E-state index >= 15 is 0 Å². The summed E-state index contributed by atoms with van der Waals surface area (Å²) >= 11 is 0. The number of halogens is 3. The van der Waals surface area contributed by atoms with Crippen LogP contribution in [-0.4, -0.2) is 9.97 Å². The molecule has 7 heteroatoms. The highest BCUT2D eigenvalue weighted by atomic mass is 19.4. The third-order valence-electron chi connectivity index (χ3n) is 6.60. The Labute approximate surface area is 203 Å². The first-order valence-electron chi connectivity index (χ1n) is 11.5. The van der Waals surface area contributed by atoms with Crippen LogP contribution >= 0.6 is 0 Å². The molecule has 174 valence electrons. The van der Waals surface area contributed by atoms with E-state index in [2.05, 4.69) is 5.32 Å². The van der Waals surface area contributed by atoms with Gasteiger partial charge in [0.2, 0.25) is 0 Å². The maximum atomic E-state index is 14.0. The minimum atomic E-state index is -4.51. The minimum absolute atomic E-state index is 0.386.